The number of nitrogens with zero attached hydrogens (tertiary/aromatic N) is 2. The Bertz CT molecular complexity index is 570. The molecule has 4 heteroatoms. The molecule has 0 saturated carbocycles. The highest BCUT2D eigenvalue weighted by Crippen LogP contribution is 2.23. The molecule has 1 N–H and O–H groups in total. The first-order valence-corrected chi connectivity index (χ1v) is 7.44. The second-order valence-electron chi connectivity index (χ2n) is 5.31. The predicted octanol–water partition coefficient (Wildman–Crippen LogP) is 4.17. The number of rotatable bonds is 6. The Morgan fingerprint density at radius 3 is 2.43 bits per heavy atom. The highest BCUT2D eigenvalue weighted by molar-refractivity contribution is 5.39. The zero-order valence-corrected chi connectivity index (χ0v) is 13.1. The Labute approximate surface area is 126 Å². The van der Waals surface area contributed by atoms with E-state index in [1.54, 1.807) is 0 Å². The van der Waals surface area contributed by atoms with Crippen LogP contribution in [0.1, 0.15) is 51.1 Å². The van der Waals surface area contributed by atoms with Crippen molar-refractivity contribution in [1.29, 1.82) is 0 Å². The monoisotopic (exact) mass is 285 g/mol. The molecular weight excluding hydrogens is 262 g/mol. The van der Waals surface area contributed by atoms with Gasteiger partial charge in [-0.3, -0.25) is 0 Å². The largest absolute Gasteiger partial charge is 0.470 e. The molecule has 4 nitrogen and oxygen atoms in total. The van der Waals surface area contributed by atoms with Gasteiger partial charge in [-0.2, -0.15) is 4.98 Å². The molecule has 0 bridgehead atoms. The number of ether oxygens (including phenoxy) is 1. The fraction of sp³-hybridized carbons (Fsp3) is 0.412. The van der Waals surface area contributed by atoms with E-state index in [2.05, 4.69) is 41.3 Å². The molecule has 0 spiro atoms. The van der Waals surface area contributed by atoms with Gasteiger partial charge in [0.15, 0.2) is 0 Å². The topological polar surface area (TPSA) is 47.0 Å². The van der Waals surface area contributed by atoms with Crippen LogP contribution in [0.3, 0.4) is 0 Å². The molecule has 1 aromatic carbocycles. The molecule has 0 aliphatic heterocycles. The Morgan fingerprint density at radius 1 is 1.10 bits per heavy atom. The number of hydrogen-bond donors (Lipinski definition) is 1. The average Bonchev–Trinajstić information content (AvgIpc) is 2.48. The molecule has 0 saturated heterocycles. The Balaban J connectivity index is 2.22. The van der Waals surface area contributed by atoms with E-state index >= 15 is 0 Å². The first-order chi connectivity index (χ1) is 10.1. The number of benzene rings is 1. The highest BCUT2D eigenvalue weighted by atomic mass is 16.5. The Morgan fingerprint density at radius 2 is 1.81 bits per heavy atom. The van der Waals surface area contributed by atoms with Crippen molar-refractivity contribution < 1.29 is 4.74 Å². The zero-order valence-electron chi connectivity index (χ0n) is 13.1. The Kier molecular flexibility index (Phi) is 5.14. The van der Waals surface area contributed by atoms with Gasteiger partial charge in [-0.25, -0.2) is 4.98 Å². The van der Waals surface area contributed by atoms with Crippen LogP contribution in [0.25, 0.3) is 0 Å². The lowest BCUT2D eigenvalue weighted by atomic mass is 10.1. The molecule has 0 fully saturated rings. The summed E-state index contributed by atoms with van der Waals surface area (Å²) >= 11 is 0. The normalized spacial score (nSPS) is 12.2. The van der Waals surface area contributed by atoms with Crippen LogP contribution < -0.4 is 10.1 Å². The minimum atomic E-state index is -0.0458. The summed E-state index contributed by atoms with van der Waals surface area (Å²) in [6, 6.07) is 12.0. The summed E-state index contributed by atoms with van der Waals surface area (Å²) in [5, 5.41) is 3.23. The standard InChI is InChI=1S/C17H23N3O/c1-5-18-15-11-16(20-17(19-15)12(2)3)21-13(4)14-9-7-6-8-10-14/h6-13H,5H2,1-4H3,(H,18,19,20). The number of hydrogen-bond acceptors (Lipinski definition) is 4. The maximum atomic E-state index is 5.99. The minimum Gasteiger partial charge on any atom is -0.470 e. The SMILES string of the molecule is CCNc1cc(OC(C)c2ccccc2)nc(C(C)C)n1. The molecule has 0 aliphatic carbocycles. The summed E-state index contributed by atoms with van der Waals surface area (Å²) in [6.07, 6.45) is -0.0458. The van der Waals surface area contributed by atoms with Crippen molar-refractivity contribution in [2.75, 3.05) is 11.9 Å². The van der Waals surface area contributed by atoms with Gasteiger partial charge in [-0.1, -0.05) is 44.2 Å². The van der Waals surface area contributed by atoms with E-state index in [4.69, 9.17) is 4.74 Å². The van der Waals surface area contributed by atoms with E-state index in [1.165, 1.54) is 0 Å². The lowest BCUT2D eigenvalue weighted by Gasteiger charge is -2.16. The quantitative estimate of drug-likeness (QED) is 0.865. The first kappa shape index (κ1) is 15.3. The average molecular weight is 285 g/mol. The molecule has 0 amide bonds. The number of anilines is 1. The van der Waals surface area contributed by atoms with Gasteiger partial charge in [0.1, 0.15) is 17.7 Å². The van der Waals surface area contributed by atoms with Crippen molar-refractivity contribution in [3.63, 3.8) is 0 Å². The molecule has 0 radical (unpaired) electrons. The Hall–Kier alpha value is -2.10. The van der Waals surface area contributed by atoms with Gasteiger partial charge in [0.05, 0.1) is 0 Å². The molecule has 2 aromatic rings. The molecule has 1 atom stereocenters. The van der Waals surface area contributed by atoms with E-state index in [0.29, 0.717) is 5.88 Å². The molecule has 112 valence electrons. The van der Waals surface area contributed by atoms with Gasteiger partial charge in [-0.05, 0) is 19.4 Å². The van der Waals surface area contributed by atoms with E-state index in [9.17, 15) is 0 Å². The molecule has 21 heavy (non-hydrogen) atoms. The molecule has 0 aliphatic rings. The van der Waals surface area contributed by atoms with Crippen LogP contribution in [0.15, 0.2) is 36.4 Å². The maximum absolute atomic E-state index is 5.99. The molecule has 2 rings (SSSR count). The molecule has 1 aromatic heterocycles. The maximum Gasteiger partial charge on any atom is 0.219 e. The van der Waals surface area contributed by atoms with Gasteiger partial charge in [0, 0.05) is 18.5 Å². The van der Waals surface area contributed by atoms with Crippen molar-refractivity contribution >= 4 is 5.82 Å². The van der Waals surface area contributed by atoms with Gasteiger partial charge in [0.2, 0.25) is 5.88 Å². The summed E-state index contributed by atoms with van der Waals surface area (Å²) in [7, 11) is 0. The van der Waals surface area contributed by atoms with Crippen LogP contribution in [-0.4, -0.2) is 16.5 Å². The van der Waals surface area contributed by atoms with E-state index in [1.807, 2.05) is 38.1 Å². The van der Waals surface area contributed by atoms with E-state index < -0.39 is 0 Å². The van der Waals surface area contributed by atoms with Crippen molar-refractivity contribution in [3.05, 3.63) is 47.8 Å². The zero-order chi connectivity index (χ0) is 15.2. The van der Waals surface area contributed by atoms with Crippen molar-refractivity contribution in [2.24, 2.45) is 0 Å². The van der Waals surface area contributed by atoms with Crippen LogP contribution in [0.2, 0.25) is 0 Å². The second kappa shape index (κ2) is 7.07. The first-order valence-electron chi connectivity index (χ1n) is 7.44. The van der Waals surface area contributed by atoms with Crippen LogP contribution in [-0.2, 0) is 0 Å². The van der Waals surface area contributed by atoms with Crippen molar-refractivity contribution in [1.82, 2.24) is 9.97 Å². The van der Waals surface area contributed by atoms with Crippen LogP contribution in [0.5, 0.6) is 5.88 Å². The summed E-state index contributed by atoms with van der Waals surface area (Å²) in [5.41, 5.74) is 1.13. The van der Waals surface area contributed by atoms with E-state index in [0.717, 1.165) is 23.8 Å². The fourth-order valence-electron chi connectivity index (χ4n) is 2.01. The summed E-state index contributed by atoms with van der Waals surface area (Å²) in [4.78, 5) is 9.01. The molecule has 1 heterocycles. The van der Waals surface area contributed by atoms with E-state index in [-0.39, 0.29) is 12.0 Å². The highest BCUT2D eigenvalue weighted by Gasteiger charge is 2.12. The van der Waals surface area contributed by atoms with Gasteiger partial charge >= 0.3 is 0 Å². The van der Waals surface area contributed by atoms with Gasteiger partial charge in [0.25, 0.3) is 0 Å². The summed E-state index contributed by atoms with van der Waals surface area (Å²) < 4.78 is 5.99. The smallest absolute Gasteiger partial charge is 0.219 e. The fourth-order valence-corrected chi connectivity index (χ4v) is 2.01. The van der Waals surface area contributed by atoms with Gasteiger partial charge < -0.3 is 10.1 Å². The number of nitrogens with one attached hydrogen (secondary N) is 1. The lowest BCUT2D eigenvalue weighted by molar-refractivity contribution is 0.216. The summed E-state index contributed by atoms with van der Waals surface area (Å²) in [6.45, 7) is 9.05. The molecule has 1 unspecified atom stereocenters. The number of aromatic nitrogens is 2. The van der Waals surface area contributed by atoms with Crippen LogP contribution in [0.4, 0.5) is 5.82 Å². The molecular formula is C17H23N3O. The third-order valence-electron chi connectivity index (χ3n) is 3.16. The predicted molar refractivity (Wildman–Crippen MR) is 85.8 cm³/mol. The van der Waals surface area contributed by atoms with Crippen molar-refractivity contribution in [3.8, 4) is 5.88 Å². The van der Waals surface area contributed by atoms with Crippen LogP contribution in [0, 0.1) is 0 Å². The van der Waals surface area contributed by atoms with Crippen LogP contribution >= 0.6 is 0 Å². The summed E-state index contributed by atoms with van der Waals surface area (Å²) in [5.74, 6) is 2.48. The van der Waals surface area contributed by atoms with Crippen molar-refractivity contribution in [2.45, 2.75) is 39.7 Å². The lowest BCUT2D eigenvalue weighted by Crippen LogP contribution is -2.09. The second-order valence-corrected chi connectivity index (χ2v) is 5.31. The minimum absolute atomic E-state index is 0.0458. The third kappa shape index (κ3) is 4.18. The third-order valence-corrected chi connectivity index (χ3v) is 3.16. The van der Waals surface area contributed by atoms with Gasteiger partial charge in [-0.15, -0.1) is 0 Å².